The van der Waals surface area contributed by atoms with Crippen LogP contribution in [-0.2, 0) is 21.2 Å². The smallest absolute Gasteiger partial charge is 0.247 e. The fraction of sp³-hybridized carbons (Fsp3) is 0.240. The van der Waals surface area contributed by atoms with Crippen molar-refractivity contribution in [3.63, 3.8) is 0 Å². The van der Waals surface area contributed by atoms with E-state index in [9.17, 15) is 13.2 Å². The molecule has 8 heteroatoms. The zero-order chi connectivity index (χ0) is 23.3. The molecule has 7 nitrogen and oxygen atoms in total. The molecule has 1 saturated heterocycles. The van der Waals surface area contributed by atoms with Gasteiger partial charge in [-0.1, -0.05) is 36.3 Å². The van der Waals surface area contributed by atoms with E-state index < -0.39 is 15.9 Å². The van der Waals surface area contributed by atoms with Gasteiger partial charge in [0.25, 0.3) is 0 Å². The molecule has 1 aliphatic rings. The van der Waals surface area contributed by atoms with Crippen LogP contribution in [-0.4, -0.2) is 58.1 Å². The molecular formula is C25H24N4O3S. The molecule has 0 unspecified atom stereocenters. The van der Waals surface area contributed by atoms with Gasteiger partial charge in [-0.3, -0.25) is 14.5 Å². The summed E-state index contributed by atoms with van der Waals surface area (Å²) in [5.74, 6) is 2.18. The normalized spacial score (nSPS) is 17.1. The van der Waals surface area contributed by atoms with Gasteiger partial charge in [0.1, 0.15) is 5.69 Å². The maximum absolute atomic E-state index is 13.0. The summed E-state index contributed by atoms with van der Waals surface area (Å²) < 4.78 is 25.6. The number of benzene rings is 1. The molecule has 0 saturated carbocycles. The summed E-state index contributed by atoms with van der Waals surface area (Å²) >= 11 is 0. The van der Waals surface area contributed by atoms with Gasteiger partial charge in [0, 0.05) is 41.8 Å². The minimum absolute atomic E-state index is 0.0514. The van der Waals surface area contributed by atoms with Gasteiger partial charge in [0.05, 0.1) is 24.6 Å². The SMILES string of the molecule is C#CCN(C(=O)/C=C\c1cn(Cc2ccccc2)nc1-c1cccnc1)[C@H]1CCS(=O)(=O)C1. The fourth-order valence-corrected chi connectivity index (χ4v) is 5.63. The fourth-order valence-electron chi connectivity index (χ4n) is 3.90. The van der Waals surface area contributed by atoms with Crippen molar-refractivity contribution in [1.29, 1.82) is 0 Å². The second-order valence-electron chi connectivity index (χ2n) is 7.92. The van der Waals surface area contributed by atoms with E-state index in [1.807, 2.05) is 53.3 Å². The number of terminal acetylenes is 1. The Hall–Kier alpha value is -3.70. The largest absolute Gasteiger partial charge is 0.324 e. The van der Waals surface area contributed by atoms with E-state index in [1.165, 1.54) is 11.0 Å². The highest BCUT2D eigenvalue weighted by Gasteiger charge is 2.33. The molecule has 3 aromatic rings. The number of nitrogens with zero attached hydrogens (tertiary/aromatic N) is 4. The number of amides is 1. The summed E-state index contributed by atoms with van der Waals surface area (Å²) in [6, 6.07) is 13.3. The highest BCUT2D eigenvalue weighted by atomic mass is 32.2. The van der Waals surface area contributed by atoms with Crippen LogP contribution in [0.4, 0.5) is 0 Å². The van der Waals surface area contributed by atoms with E-state index >= 15 is 0 Å². The van der Waals surface area contributed by atoms with Gasteiger partial charge in [-0.25, -0.2) is 8.42 Å². The van der Waals surface area contributed by atoms with Crippen molar-refractivity contribution >= 4 is 21.8 Å². The molecule has 2 aromatic heterocycles. The Morgan fingerprint density at radius 2 is 2.06 bits per heavy atom. The van der Waals surface area contributed by atoms with E-state index in [0.29, 0.717) is 18.7 Å². The molecule has 4 rings (SSSR count). The monoisotopic (exact) mass is 460 g/mol. The van der Waals surface area contributed by atoms with Crippen LogP contribution in [0.5, 0.6) is 0 Å². The van der Waals surface area contributed by atoms with Crippen molar-refractivity contribution in [2.24, 2.45) is 0 Å². The van der Waals surface area contributed by atoms with Gasteiger partial charge >= 0.3 is 0 Å². The van der Waals surface area contributed by atoms with Gasteiger partial charge in [-0.2, -0.15) is 5.10 Å². The second-order valence-corrected chi connectivity index (χ2v) is 10.1. The minimum Gasteiger partial charge on any atom is -0.324 e. The molecule has 1 atom stereocenters. The quantitative estimate of drug-likeness (QED) is 0.400. The molecule has 0 bridgehead atoms. The van der Waals surface area contributed by atoms with Crippen LogP contribution < -0.4 is 0 Å². The predicted molar refractivity (Wildman–Crippen MR) is 128 cm³/mol. The van der Waals surface area contributed by atoms with Crippen molar-refractivity contribution in [2.45, 2.75) is 19.0 Å². The third kappa shape index (κ3) is 5.57. The number of hydrogen-bond acceptors (Lipinski definition) is 5. The summed E-state index contributed by atoms with van der Waals surface area (Å²) in [5, 5.41) is 4.72. The van der Waals surface area contributed by atoms with E-state index in [-0.39, 0.29) is 24.0 Å². The number of rotatable bonds is 7. The summed E-state index contributed by atoms with van der Waals surface area (Å²) in [7, 11) is -3.14. The lowest BCUT2D eigenvalue weighted by Crippen LogP contribution is -2.40. The molecule has 3 heterocycles. The Bertz CT molecular complexity index is 1290. The number of pyridine rings is 1. The Kier molecular flexibility index (Phi) is 6.71. The Balaban J connectivity index is 1.61. The van der Waals surface area contributed by atoms with E-state index in [2.05, 4.69) is 10.9 Å². The lowest BCUT2D eigenvalue weighted by atomic mass is 10.1. The summed E-state index contributed by atoms with van der Waals surface area (Å²) in [6.45, 7) is 0.644. The van der Waals surface area contributed by atoms with E-state index in [0.717, 1.165) is 16.7 Å². The molecule has 33 heavy (non-hydrogen) atoms. The standard InChI is InChI=1S/C25H24N4O3S/c1-2-14-29(23-12-15-33(31,32)19-23)24(30)11-10-22-18-28(17-20-7-4-3-5-8-20)27-25(22)21-9-6-13-26-16-21/h1,3-11,13,16,18,23H,12,14-15,17,19H2/b11-10-/t23-/m0/s1. The zero-order valence-electron chi connectivity index (χ0n) is 18.0. The van der Waals surface area contributed by atoms with Crippen LogP contribution in [0.15, 0.2) is 67.1 Å². The molecule has 1 aliphatic heterocycles. The first-order chi connectivity index (χ1) is 15.9. The van der Waals surface area contributed by atoms with Gasteiger partial charge in [-0.15, -0.1) is 6.42 Å². The number of carbonyl (C=O) groups is 1. The van der Waals surface area contributed by atoms with Gasteiger partial charge in [0.2, 0.25) is 5.91 Å². The molecular weight excluding hydrogens is 436 g/mol. The topological polar surface area (TPSA) is 85.2 Å². The maximum atomic E-state index is 13.0. The van der Waals surface area contributed by atoms with Crippen LogP contribution in [0.25, 0.3) is 17.3 Å². The molecule has 168 valence electrons. The lowest BCUT2D eigenvalue weighted by molar-refractivity contribution is -0.127. The first kappa shape index (κ1) is 22.5. The highest BCUT2D eigenvalue weighted by Crippen LogP contribution is 2.24. The van der Waals surface area contributed by atoms with Gasteiger partial charge < -0.3 is 4.90 Å². The summed E-state index contributed by atoms with van der Waals surface area (Å²) in [5.41, 5.74) is 3.40. The first-order valence-electron chi connectivity index (χ1n) is 10.6. The zero-order valence-corrected chi connectivity index (χ0v) is 18.9. The number of hydrogen-bond donors (Lipinski definition) is 0. The number of carbonyl (C=O) groups excluding carboxylic acids is 1. The summed E-state index contributed by atoms with van der Waals surface area (Å²) in [6.07, 6.45) is 14.3. The summed E-state index contributed by atoms with van der Waals surface area (Å²) in [4.78, 5) is 18.6. The Morgan fingerprint density at radius 3 is 2.73 bits per heavy atom. The van der Waals surface area contributed by atoms with Gasteiger partial charge in [0.15, 0.2) is 9.84 Å². The third-order valence-corrected chi connectivity index (χ3v) is 7.26. The van der Waals surface area contributed by atoms with Crippen molar-refractivity contribution in [3.05, 3.63) is 78.3 Å². The maximum Gasteiger partial charge on any atom is 0.247 e. The predicted octanol–water partition coefficient (Wildman–Crippen LogP) is 2.66. The molecule has 0 N–H and O–H groups in total. The lowest BCUT2D eigenvalue weighted by Gasteiger charge is -2.24. The van der Waals surface area contributed by atoms with E-state index in [1.54, 1.807) is 18.5 Å². The average molecular weight is 461 g/mol. The van der Waals surface area contributed by atoms with Crippen LogP contribution >= 0.6 is 0 Å². The molecule has 1 aromatic carbocycles. The highest BCUT2D eigenvalue weighted by molar-refractivity contribution is 7.91. The average Bonchev–Trinajstić information content (AvgIpc) is 3.39. The number of sulfone groups is 1. The third-order valence-electron chi connectivity index (χ3n) is 5.51. The Labute approximate surface area is 193 Å². The Morgan fingerprint density at radius 1 is 1.24 bits per heavy atom. The minimum atomic E-state index is -3.14. The molecule has 0 radical (unpaired) electrons. The van der Waals surface area contributed by atoms with Crippen LogP contribution in [0.3, 0.4) is 0 Å². The van der Waals surface area contributed by atoms with Crippen molar-refractivity contribution < 1.29 is 13.2 Å². The van der Waals surface area contributed by atoms with E-state index in [4.69, 9.17) is 11.5 Å². The number of aromatic nitrogens is 3. The van der Waals surface area contributed by atoms with Gasteiger partial charge in [-0.05, 0) is 30.2 Å². The van der Waals surface area contributed by atoms with Crippen LogP contribution in [0.2, 0.25) is 0 Å². The molecule has 1 fully saturated rings. The second kappa shape index (κ2) is 9.84. The first-order valence-corrected chi connectivity index (χ1v) is 12.4. The van der Waals surface area contributed by atoms with Crippen LogP contribution in [0, 0.1) is 12.3 Å². The van der Waals surface area contributed by atoms with Crippen molar-refractivity contribution in [2.75, 3.05) is 18.1 Å². The van der Waals surface area contributed by atoms with Crippen LogP contribution in [0.1, 0.15) is 17.5 Å². The molecule has 1 amide bonds. The van der Waals surface area contributed by atoms with Crippen molar-refractivity contribution in [1.82, 2.24) is 19.7 Å². The van der Waals surface area contributed by atoms with Crippen molar-refractivity contribution in [3.8, 4) is 23.6 Å². The molecule has 0 aliphatic carbocycles. The molecule has 0 spiro atoms.